The predicted molar refractivity (Wildman–Crippen MR) is 142 cm³/mol. The van der Waals surface area contributed by atoms with Crippen molar-refractivity contribution in [2.24, 2.45) is 0 Å². The van der Waals surface area contributed by atoms with Crippen molar-refractivity contribution in [2.45, 2.75) is 0 Å². The molecule has 0 saturated carbocycles. The molecule has 0 aromatic heterocycles. The summed E-state index contributed by atoms with van der Waals surface area (Å²) in [7, 11) is 0. The van der Waals surface area contributed by atoms with Gasteiger partial charge in [0.15, 0.2) is 0 Å². The molecule has 0 saturated heterocycles. The molecule has 0 aliphatic heterocycles. The predicted octanol–water partition coefficient (Wildman–Crippen LogP) is 3.54. The second-order valence-electron chi connectivity index (χ2n) is 7.26. The Kier molecular flexibility index (Phi) is 8.94. The van der Waals surface area contributed by atoms with E-state index in [4.69, 9.17) is 0 Å². The maximum atomic E-state index is 2.29. The molecule has 0 nitrogen and oxygen atoms in total. The molecule has 0 amide bonds. The molecule has 0 aliphatic rings. The Morgan fingerprint density at radius 3 is 0.844 bits per heavy atom. The monoisotopic (exact) mass is 668 g/mol. The molecule has 0 heterocycles. The summed E-state index contributed by atoms with van der Waals surface area (Å²) in [5.74, 6) is 0. The zero-order valence-corrected chi connectivity index (χ0v) is 23.6. The summed E-state index contributed by atoms with van der Waals surface area (Å²) in [5.41, 5.74) is 0. The molecule has 0 bridgehead atoms. The minimum atomic E-state index is -2.17. The fourth-order valence-electron chi connectivity index (χ4n) is 3.47. The van der Waals surface area contributed by atoms with Gasteiger partial charge in [0.1, 0.15) is 0 Å². The fraction of sp³-hybridized carbons (Fsp3) is 0. The van der Waals surface area contributed by atoms with Gasteiger partial charge in [0.25, 0.3) is 0 Å². The Labute approximate surface area is 206 Å². The van der Waals surface area contributed by atoms with E-state index in [1.807, 2.05) is 0 Å². The van der Waals surface area contributed by atoms with Crippen molar-refractivity contribution in [2.75, 3.05) is 0 Å². The molecule has 2 radical (unpaired) electrons. The molecule has 154 valence electrons. The van der Waals surface area contributed by atoms with Crippen molar-refractivity contribution < 1.29 is 0 Å². The van der Waals surface area contributed by atoms with E-state index in [1.54, 1.807) is 9.37 Å². The average molecular weight is 668 g/mol. The molecular weight excluding hydrogens is 642 g/mol. The van der Waals surface area contributed by atoms with Crippen LogP contribution < -0.4 is 18.1 Å². The molecule has 5 aromatic rings. The number of rotatable bonds is 5. The van der Waals surface area contributed by atoms with E-state index >= 15 is 0 Å². The van der Waals surface area contributed by atoms with Gasteiger partial charge in [0.05, 0.1) is 0 Å². The van der Waals surface area contributed by atoms with E-state index < -0.39 is 22.7 Å². The third-order valence-electron chi connectivity index (χ3n) is 4.96. The van der Waals surface area contributed by atoms with Crippen LogP contribution in [-0.2, 0) is 0 Å². The van der Waals surface area contributed by atoms with Gasteiger partial charge in [0.2, 0.25) is 0 Å². The molecule has 2 heteroatoms. The Morgan fingerprint density at radius 2 is 0.562 bits per heavy atom. The van der Waals surface area contributed by atoms with E-state index in [0.717, 1.165) is 0 Å². The van der Waals surface area contributed by atoms with Gasteiger partial charge in [-0.05, 0) is 0 Å². The molecule has 0 aliphatic carbocycles. The van der Waals surface area contributed by atoms with Gasteiger partial charge in [0, 0.05) is 0 Å². The Morgan fingerprint density at radius 1 is 0.312 bits per heavy atom. The second-order valence-corrected chi connectivity index (χ2v) is 19.5. The zero-order chi connectivity index (χ0) is 21.8. The molecule has 5 aromatic carbocycles. The van der Waals surface area contributed by atoms with E-state index in [2.05, 4.69) is 152 Å². The fourth-order valence-corrected chi connectivity index (χ4v) is 15.5. The molecule has 0 fully saturated rings. The van der Waals surface area contributed by atoms with Crippen LogP contribution in [0.4, 0.5) is 0 Å². The molecular formula is C30H25AsPb. The van der Waals surface area contributed by atoms with Crippen LogP contribution in [0.15, 0.2) is 152 Å². The number of hydrogen-bond donors (Lipinski definition) is 0. The molecule has 0 N–H and O–H groups in total. The van der Waals surface area contributed by atoms with Crippen LogP contribution in [0.3, 0.4) is 0 Å². The van der Waals surface area contributed by atoms with Crippen LogP contribution in [0, 0.1) is 0 Å². The van der Waals surface area contributed by atoms with E-state index in [-0.39, 0.29) is 15.8 Å². The van der Waals surface area contributed by atoms with Crippen molar-refractivity contribution in [3.63, 3.8) is 0 Å². The standard InChI is InChI=1S/C12H10As.3C6H5.Pb/c1-3-7-11(8-4-1)13-12-9-5-2-6-10-12;3*1-2-4-6-5-3-1;/h1-10H;3*1-5H;. The quantitative estimate of drug-likeness (QED) is 0.252. The number of hydrogen-bond acceptors (Lipinski definition) is 0. The van der Waals surface area contributed by atoms with Crippen LogP contribution in [0.5, 0.6) is 0 Å². The Balaban J connectivity index is 0.000000165. The van der Waals surface area contributed by atoms with Crippen molar-refractivity contribution >= 4 is 56.5 Å². The van der Waals surface area contributed by atoms with Gasteiger partial charge in [-0.1, -0.05) is 0 Å². The summed E-state index contributed by atoms with van der Waals surface area (Å²) in [6, 6.07) is 54.4. The zero-order valence-electron chi connectivity index (χ0n) is 17.9. The first-order chi connectivity index (χ1) is 15.9. The van der Waals surface area contributed by atoms with Gasteiger partial charge in [-0.3, -0.25) is 0 Å². The van der Waals surface area contributed by atoms with Crippen LogP contribution >= 0.6 is 0 Å². The van der Waals surface area contributed by atoms with Crippen LogP contribution in [0.2, 0.25) is 0 Å². The minimum absolute atomic E-state index is 0.177. The first-order valence-corrected chi connectivity index (χ1v) is 18.5. The second kappa shape index (κ2) is 12.6. The van der Waals surface area contributed by atoms with Gasteiger partial charge < -0.3 is 0 Å². The molecule has 0 spiro atoms. The van der Waals surface area contributed by atoms with E-state index in [1.165, 1.54) is 8.70 Å². The van der Waals surface area contributed by atoms with Gasteiger partial charge >= 0.3 is 208 Å². The third-order valence-corrected chi connectivity index (χ3v) is 17.9. The molecule has 0 atom stereocenters. The van der Waals surface area contributed by atoms with E-state index in [0.29, 0.717) is 0 Å². The van der Waals surface area contributed by atoms with Gasteiger partial charge in [-0.25, -0.2) is 0 Å². The average Bonchev–Trinajstić information content (AvgIpc) is 2.88. The van der Waals surface area contributed by atoms with E-state index in [9.17, 15) is 0 Å². The Bertz CT molecular complexity index is 1030. The SMILES string of the molecule is c1cc[c]([Pb]([c]2ccccc2)[c]2ccccc2)cc1.c1ccc([As]c2ccccc2)cc1. The maximum absolute atomic E-state index is 2.29. The summed E-state index contributed by atoms with van der Waals surface area (Å²) in [6.07, 6.45) is 0. The van der Waals surface area contributed by atoms with Crippen LogP contribution in [-0.4, -0.2) is 38.5 Å². The first-order valence-electron chi connectivity index (χ1n) is 10.8. The summed E-state index contributed by atoms with van der Waals surface area (Å²) in [4.78, 5) is 0. The topological polar surface area (TPSA) is 0 Å². The third kappa shape index (κ3) is 6.79. The molecule has 0 unspecified atom stereocenters. The van der Waals surface area contributed by atoms with Crippen molar-refractivity contribution in [1.82, 2.24) is 0 Å². The summed E-state index contributed by atoms with van der Waals surface area (Å²) in [5, 5.41) is 0. The number of benzene rings is 5. The van der Waals surface area contributed by atoms with Crippen molar-refractivity contribution in [3.05, 3.63) is 152 Å². The van der Waals surface area contributed by atoms with Gasteiger partial charge in [-0.2, -0.15) is 0 Å². The van der Waals surface area contributed by atoms with Crippen LogP contribution in [0.1, 0.15) is 0 Å². The normalized spacial score (nSPS) is 10.3. The van der Waals surface area contributed by atoms with Crippen molar-refractivity contribution in [3.8, 4) is 0 Å². The van der Waals surface area contributed by atoms with Crippen LogP contribution in [0.25, 0.3) is 0 Å². The molecule has 32 heavy (non-hydrogen) atoms. The first kappa shape index (κ1) is 22.8. The molecule has 5 rings (SSSR count). The Hall–Kier alpha value is -2.42. The summed E-state index contributed by atoms with van der Waals surface area (Å²) in [6.45, 7) is 0. The van der Waals surface area contributed by atoms with Gasteiger partial charge in [-0.15, -0.1) is 0 Å². The summed E-state index contributed by atoms with van der Waals surface area (Å²) >= 11 is -1.99. The van der Waals surface area contributed by atoms with Crippen molar-refractivity contribution in [1.29, 1.82) is 0 Å². The summed E-state index contributed by atoms with van der Waals surface area (Å²) < 4.78 is 7.56.